The Balaban J connectivity index is 0.000000155. The highest BCUT2D eigenvalue weighted by Gasteiger charge is 2.82. The molecule has 0 radical (unpaired) electrons. The highest BCUT2D eigenvalue weighted by Crippen LogP contribution is 2.69. The number of anilines is 4. The highest BCUT2D eigenvalue weighted by molar-refractivity contribution is 6.22. The number of hydrogen-bond donors (Lipinski definition) is 2. The van der Waals surface area contributed by atoms with Gasteiger partial charge in [0.1, 0.15) is 21.9 Å². The van der Waals surface area contributed by atoms with Crippen LogP contribution in [0.4, 0.5) is 22.7 Å². The van der Waals surface area contributed by atoms with Gasteiger partial charge in [-0.2, -0.15) is 0 Å². The fourth-order valence-electron chi connectivity index (χ4n) is 16.5. The molecule has 8 atom stereocenters. The second-order valence-corrected chi connectivity index (χ2v) is 24.8. The molecule has 6 heterocycles. The molecule has 10 aromatic carbocycles. The van der Waals surface area contributed by atoms with Gasteiger partial charge in [-0.1, -0.05) is 255 Å². The fraction of sp³-hybridized carbons (Fsp3) is 0.175. The van der Waals surface area contributed by atoms with Gasteiger partial charge in [-0.25, -0.2) is 0 Å². The maximum atomic E-state index is 15.7. The fourth-order valence-corrected chi connectivity index (χ4v) is 16.5. The Labute approximate surface area is 545 Å². The molecule has 6 aliphatic heterocycles. The van der Waals surface area contributed by atoms with E-state index >= 15 is 19.2 Å². The summed E-state index contributed by atoms with van der Waals surface area (Å²) in [5, 5.41) is 7.44. The van der Waals surface area contributed by atoms with Crippen LogP contribution in [0.3, 0.4) is 0 Å². The Bertz CT molecular complexity index is 4290. The zero-order valence-electron chi connectivity index (χ0n) is 51.8. The van der Waals surface area contributed by atoms with Crippen LogP contribution in [0.25, 0.3) is 0 Å². The van der Waals surface area contributed by atoms with Crippen molar-refractivity contribution in [3.05, 3.63) is 335 Å². The Morgan fingerprint density at radius 3 is 0.840 bits per heavy atom. The maximum absolute atomic E-state index is 15.7. The number of carbonyl (C=O) groups is 6. The summed E-state index contributed by atoms with van der Waals surface area (Å²) in [5.41, 5.74) is 4.10. The summed E-state index contributed by atoms with van der Waals surface area (Å²) < 4.78 is 11.1. The van der Waals surface area contributed by atoms with Gasteiger partial charge in [-0.15, -0.1) is 0 Å². The van der Waals surface area contributed by atoms with Crippen molar-refractivity contribution in [3.8, 4) is 0 Å². The number of carbonyl (C=O) groups excluding carboxylic acids is 6. The molecule has 464 valence electrons. The summed E-state index contributed by atoms with van der Waals surface area (Å²) in [6, 6.07) is 87.4. The molecule has 16 rings (SSSR count). The van der Waals surface area contributed by atoms with Gasteiger partial charge in [0.25, 0.3) is 11.8 Å². The quantitative estimate of drug-likeness (QED) is 0.113. The van der Waals surface area contributed by atoms with Crippen LogP contribution < -0.4 is 30.2 Å². The van der Waals surface area contributed by atoms with E-state index in [0.29, 0.717) is 58.1 Å². The molecule has 4 spiro atoms. The molecule has 94 heavy (non-hydrogen) atoms. The lowest BCUT2D eigenvalue weighted by Gasteiger charge is -2.40. The van der Waals surface area contributed by atoms with Crippen LogP contribution in [0.15, 0.2) is 279 Å². The molecule has 4 amide bonds. The number of methoxy groups -OCH3 is 2. The van der Waals surface area contributed by atoms with E-state index in [9.17, 15) is 9.59 Å². The van der Waals surface area contributed by atoms with Gasteiger partial charge in [0.15, 0.2) is 0 Å². The maximum Gasteiger partial charge on any atom is 0.312 e. The molecule has 0 aromatic heterocycles. The number of rotatable bonds is 12. The monoisotopic (exact) mass is 1240 g/mol. The minimum atomic E-state index is -1.68. The molecule has 2 N–H and O–H groups in total. The zero-order chi connectivity index (χ0) is 64.3. The number of ether oxygens (including phenoxy) is 2. The van der Waals surface area contributed by atoms with Crippen LogP contribution in [0.1, 0.15) is 67.7 Å². The van der Waals surface area contributed by atoms with Crippen molar-refractivity contribution in [1.29, 1.82) is 0 Å². The summed E-state index contributed by atoms with van der Waals surface area (Å²) in [4.78, 5) is 98.2. The lowest BCUT2D eigenvalue weighted by molar-refractivity contribution is -0.152. The SMILES string of the molecule is COC(=O)[C@@H]1[C@@H](c2ccccc2)N[C@]2(C(=O)N(Cc3ccccc3)c3ccccc32)[C@@]12C(=O)N(Cc1ccccc1)c1ccccc12.COC(=O)[C@@H]1[C@@H](c2ccccc2)N[C@]2(C(=O)N(Cc3ccccc3)c3ccccc32)[C@@]12C(=O)N(Cc1ccccc1)c1ccccc12. The van der Waals surface area contributed by atoms with E-state index in [0.717, 1.165) is 33.4 Å². The van der Waals surface area contributed by atoms with Crippen LogP contribution in [-0.2, 0) is 86.3 Å². The van der Waals surface area contributed by atoms with Crippen molar-refractivity contribution >= 4 is 58.3 Å². The second-order valence-electron chi connectivity index (χ2n) is 24.8. The Hall–Kier alpha value is -11.1. The van der Waals surface area contributed by atoms with Crippen LogP contribution in [0, 0.1) is 11.8 Å². The Kier molecular flexibility index (Phi) is 14.9. The molecular weight excluding hydrogens is 1170 g/mol. The first kappa shape index (κ1) is 59.3. The van der Waals surface area contributed by atoms with E-state index in [4.69, 9.17) is 9.47 Å². The summed E-state index contributed by atoms with van der Waals surface area (Å²) >= 11 is 0. The molecule has 2 fully saturated rings. The first-order valence-electron chi connectivity index (χ1n) is 31.7. The minimum Gasteiger partial charge on any atom is -0.469 e. The molecule has 14 heteroatoms. The Morgan fingerprint density at radius 2 is 0.553 bits per heavy atom. The smallest absolute Gasteiger partial charge is 0.312 e. The lowest BCUT2D eigenvalue weighted by atomic mass is 9.58. The second kappa shape index (κ2) is 23.6. The Morgan fingerprint density at radius 1 is 0.319 bits per heavy atom. The third kappa shape index (κ3) is 8.62. The average molecular weight is 1240 g/mol. The molecule has 0 aliphatic carbocycles. The van der Waals surface area contributed by atoms with Crippen LogP contribution in [-0.4, -0.2) is 49.8 Å². The van der Waals surface area contributed by atoms with Crippen molar-refractivity contribution in [2.45, 2.75) is 60.2 Å². The molecule has 6 aliphatic rings. The summed E-state index contributed by atoms with van der Waals surface area (Å²) in [6.07, 6.45) is 0. The van der Waals surface area contributed by atoms with Crippen molar-refractivity contribution in [2.75, 3.05) is 33.8 Å². The summed E-state index contributed by atoms with van der Waals surface area (Å²) in [6.45, 7) is 1.17. The van der Waals surface area contributed by atoms with Gasteiger partial charge >= 0.3 is 11.9 Å². The predicted octanol–water partition coefficient (Wildman–Crippen LogP) is 12.1. The third-order valence-electron chi connectivity index (χ3n) is 20.2. The summed E-state index contributed by atoms with van der Waals surface area (Å²) in [5.74, 6) is -4.43. The summed E-state index contributed by atoms with van der Waals surface area (Å²) in [7, 11) is 2.70. The number of nitrogens with zero attached hydrogens (tertiary/aromatic N) is 4. The zero-order valence-corrected chi connectivity index (χ0v) is 51.8. The third-order valence-corrected chi connectivity index (χ3v) is 20.2. The lowest BCUT2D eigenvalue weighted by Crippen LogP contribution is -2.63. The van der Waals surface area contributed by atoms with Crippen molar-refractivity contribution in [2.24, 2.45) is 11.8 Å². The number of benzene rings is 10. The number of esters is 2. The number of amides is 4. The van der Waals surface area contributed by atoms with Crippen LogP contribution in [0.2, 0.25) is 0 Å². The number of fused-ring (bicyclic) bond motifs is 10. The normalized spacial score (nSPS) is 24.2. The number of nitrogens with one attached hydrogen (secondary N) is 2. The van der Waals surface area contributed by atoms with Crippen molar-refractivity contribution in [3.63, 3.8) is 0 Å². The minimum absolute atomic E-state index is 0.278. The standard InChI is InChI=1S/2C40H33N3O4/c2*1-47-36(44)34-35(29-19-9-4-10-20-29)41-40(31-22-12-14-24-33(31)43(38(40)46)26-28-17-7-3-8-18-28)39(34)30-21-11-13-23-32(30)42(37(39)45)25-27-15-5-2-6-16-27/h2*2-24,34-35,41H,25-26H2,1H3/t2*34-,35+,39+,40+/m00/s1. The van der Waals surface area contributed by atoms with Crippen molar-refractivity contribution in [1.82, 2.24) is 10.6 Å². The predicted molar refractivity (Wildman–Crippen MR) is 359 cm³/mol. The van der Waals surface area contributed by atoms with Gasteiger partial charge < -0.3 is 29.1 Å². The molecule has 2 saturated heterocycles. The number of para-hydroxylation sites is 4. The molecule has 0 saturated carbocycles. The highest BCUT2D eigenvalue weighted by atomic mass is 16.5. The van der Waals surface area contributed by atoms with Gasteiger partial charge in [-0.3, -0.25) is 39.4 Å². The van der Waals surface area contributed by atoms with E-state index in [-0.39, 0.29) is 36.7 Å². The van der Waals surface area contributed by atoms with Gasteiger partial charge in [0.2, 0.25) is 11.8 Å². The molecular formula is C80H66N6O8. The molecule has 10 aromatic rings. The number of hydrogen-bond acceptors (Lipinski definition) is 10. The van der Waals surface area contributed by atoms with Crippen molar-refractivity contribution < 1.29 is 38.2 Å². The largest absolute Gasteiger partial charge is 0.469 e. The molecule has 14 nitrogen and oxygen atoms in total. The van der Waals surface area contributed by atoms with Gasteiger partial charge in [0.05, 0.1) is 52.2 Å². The van der Waals surface area contributed by atoms with E-state index < -0.39 is 57.8 Å². The topological polar surface area (TPSA) is 158 Å². The average Bonchev–Trinajstić information content (AvgIpc) is 1.49. The molecule has 0 bridgehead atoms. The van der Waals surface area contributed by atoms with E-state index in [2.05, 4.69) is 10.6 Å². The van der Waals surface area contributed by atoms with E-state index in [1.165, 1.54) is 14.2 Å². The first-order valence-corrected chi connectivity index (χ1v) is 31.7. The van der Waals surface area contributed by atoms with Crippen LogP contribution >= 0.6 is 0 Å². The van der Waals surface area contributed by atoms with Gasteiger partial charge in [0, 0.05) is 46.0 Å². The first-order chi connectivity index (χ1) is 46.0. The molecule has 0 unspecified atom stereocenters. The van der Waals surface area contributed by atoms with Gasteiger partial charge in [-0.05, 0) is 68.8 Å². The van der Waals surface area contributed by atoms with Crippen LogP contribution in [0.5, 0.6) is 0 Å². The van der Waals surface area contributed by atoms with E-state index in [1.807, 2.05) is 279 Å². The van der Waals surface area contributed by atoms with E-state index in [1.54, 1.807) is 19.6 Å².